The third-order valence-electron chi connectivity index (χ3n) is 4.84. The summed E-state index contributed by atoms with van der Waals surface area (Å²) >= 11 is 0. The van der Waals surface area contributed by atoms with E-state index in [0.29, 0.717) is 16.9 Å². The maximum atomic E-state index is 14.3. The number of sulfonamides is 1. The van der Waals surface area contributed by atoms with Crippen LogP contribution in [0, 0.1) is 5.82 Å². The van der Waals surface area contributed by atoms with Crippen LogP contribution in [0.4, 0.5) is 10.1 Å². The maximum absolute atomic E-state index is 14.3. The van der Waals surface area contributed by atoms with E-state index in [1.807, 2.05) is 0 Å². The number of carbonyl (C=O) groups excluding carboxylic acids is 2. The molecule has 0 radical (unpaired) electrons. The number of halogens is 1. The summed E-state index contributed by atoms with van der Waals surface area (Å²) in [6, 6.07) is 8.16. The van der Waals surface area contributed by atoms with Crippen molar-refractivity contribution in [1.29, 1.82) is 0 Å². The van der Waals surface area contributed by atoms with Gasteiger partial charge in [0.25, 0.3) is 0 Å². The van der Waals surface area contributed by atoms with Gasteiger partial charge in [0.2, 0.25) is 15.9 Å². The first kappa shape index (κ1) is 22.9. The largest absolute Gasteiger partial charge is 0.496 e. The van der Waals surface area contributed by atoms with E-state index >= 15 is 0 Å². The quantitative estimate of drug-likeness (QED) is 0.649. The van der Waals surface area contributed by atoms with E-state index in [2.05, 4.69) is 5.32 Å². The SMILES string of the molecule is COc1ccc(C(C)=O)cc1CC(=O)Nc1ccc(F)c(S(=O)(=O)N2CCOCC2)c1. The van der Waals surface area contributed by atoms with Crippen molar-refractivity contribution in [3.63, 3.8) is 0 Å². The highest BCUT2D eigenvalue weighted by molar-refractivity contribution is 7.89. The highest BCUT2D eigenvalue weighted by Crippen LogP contribution is 2.25. The van der Waals surface area contributed by atoms with E-state index in [9.17, 15) is 22.4 Å². The van der Waals surface area contributed by atoms with Crippen molar-refractivity contribution in [3.05, 3.63) is 53.3 Å². The lowest BCUT2D eigenvalue weighted by Crippen LogP contribution is -2.40. The number of hydrogen-bond donors (Lipinski definition) is 1. The number of ether oxygens (including phenoxy) is 2. The van der Waals surface area contributed by atoms with Crippen molar-refractivity contribution in [1.82, 2.24) is 4.31 Å². The van der Waals surface area contributed by atoms with Gasteiger partial charge in [-0.3, -0.25) is 9.59 Å². The number of amides is 1. The number of hydrogen-bond acceptors (Lipinski definition) is 6. The normalized spacial score (nSPS) is 14.8. The van der Waals surface area contributed by atoms with Crippen molar-refractivity contribution in [2.24, 2.45) is 0 Å². The summed E-state index contributed by atoms with van der Waals surface area (Å²) < 4.78 is 51.4. The smallest absolute Gasteiger partial charge is 0.246 e. The molecule has 0 atom stereocenters. The Bertz CT molecular complexity index is 1100. The van der Waals surface area contributed by atoms with Crippen molar-refractivity contribution >= 4 is 27.4 Å². The average Bonchev–Trinajstić information content (AvgIpc) is 2.75. The minimum absolute atomic E-state index is 0.118. The molecule has 0 saturated carbocycles. The van der Waals surface area contributed by atoms with Crippen molar-refractivity contribution < 1.29 is 31.9 Å². The second-order valence-electron chi connectivity index (χ2n) is 6.97. The fraction of sp³-hybridized carbons (Fsp3) is 0.333. The Morgan fingerprint density at radius 1 is 1.16 bits per heavy atom. The second-order valence-corrected chi connectivity index (χ2v) is 8.88. The van der Waals surface area contributed by atoms with Gasteiger partial charge in [-0.15, -0.1) is 0 Å². The molecule has 1 aliphatic rings. The molecule has 1 fully saturated rings. The molecule has 1 aliphatic heterocycles. The first-order valence-electron chi connectivity index (χ1n) is 9.57. The first-order valence-corrected chi connectivity index (χ1v) is 11.0. The fourth-order valence-corrected chi connectivity index (χ4v) is 4.72. The Morgan fingerprint density at radius 3 is 2.52 bits per heavy atom. The van der Waals surface area contributed by atoms with Gasteiger partial charge in [0.05, 0.1) is 26.7 Å². The van der Waals surface area contributed by atoms with E-state index in [-0.39, 0.29) is 44.2 Å². The van der Waals surface area contributed by atoms with Gasteiger partial charge in [-0.2, -0.15) is 4.31 Å². The number of anilines is 1. The Labute approximate surface area is 180 Å². The van der Waals surface area contributed by atoms with Crippen LogP contribution >= 0.6 is 0 Å². The molecule has 1 N–H and O–H groups in total. The zero-order valence-electron chi connectivity index (χ0n) is 17.2. The minimum Gasteiger partial charge on any atom is -0.496 e. The zero-order valence-corrected chi connectivity index (χ0v) is 18.0. The summed E-state index contributed by atoms with van der Waals surface area (Å²) in [5, 5.41) is 2.58. The molecular weight excluding hydrogens is 427 g/mol. The highest BCUT2D eigenvalue weighted by atomic mass is 32.2. The third-order valence-corrected chi connectivity index (χ3v) is 6.75. The average molecular weight is 450 g/mol. The molecular formula is C21H23FN2O6S. The van der Waals surface area contributed by atoms with Gasteiger partial charge < -0.3 is 14.8 Å². The number of nitrogens with zero attached hydrogens (tertiary/aromatic N) is 1. The maximum Gasteiger partial charge on any atom is 0.246 e. The summed E-state index contributed by atoms with van der Waals surface area (Å²) in [7, 11) is -2.61. The van der Waals surface area contributed by atoms with Crippen molar-refractivity contribution in [2.45, 2.75) is 18.2 Å². The molecule has 1 amide bonds. The molecule has 0 spiro atoms. The number of morpholine rings is 1. The molecule has 1 heterocycles. The molecule has 2 aromatic rings. The molecule has 1 saturated heterocycles. The third kappa shape index (κ3) is 5.27. The number of ketones is 1. The van der Waals surface area contributed by atoms with Gasteiger partial charge in [-0.05, 0) is 43.3 Å². The molecule has 31 heavy (non-hydrogen) atoms. The summed E-state index contributed by atoms with van der Waals surface area (Å²) in [5.41, 5.74) is 1.07. The Balaban J connectivity index is 1.81. The predicted molar refractivity (Wildman–Crippen MR) is 111 cm³/mol. The van der Waals surface area contributed by atoms with Crippen LogP contribution in [0.25, 0.3) is 0 Å². The van der Waals surface area contributed by atoms with Gasteiger partial charge in [-0.25, -0.2) is 12.8 Å². The van der Waals surface area contributed by atoms with Crippen LogP contribution in [0.5, 0.6) is 5.75 Å². The number of nitrogens with one attached hydrogen (secondary N) is 1. The van der Waals surface area contributed by atoms with Gasteiger partial charge in [0, 0.05) is 29.9 Å². The van der Waals surface area contributed by atoms with Gasteiger partial charge in [0.1, 0.15) is 16.5 Å². The highest BCUT2D eigenvalue weighted by Gasteiger charge is 2.29. The first-order chi connectivity index (χ1) is 14.7. The summed E-state index contributed by atoms with van der Waals surface area (Å²) in [6.45, 7) is 2.15. The number of carbonyl (C=O) groups is 2. The molecule has 8 nitrogen and oxygen atoms in total. The van der Waals surface area contributed by atoms with Gasteiger partial charge in [-0.1, -0.05) is 0 Å². The second kappa shape index (κ2) is 9.54. The van der Waals surface area contributed by atoms with Crippen LogP contribution in [0.3, 0.4) is 0 Å². The van der Waals surface area contributed by atoms with Crippen LogP contribution in [0.2, 0.25) is 0 Å². The molecule has 0 aromatic heterocycles. The van der Waals surface area contributed by atoms with E-state index in [0.717, 1.165) is 16.4 Å². The molecule has 2 aromatic carbocycles. The summed E-state index contributed by atoms with van der Waals surface area (Å²) in [6.07, 6.45) is -0.118. The Hall–Kier alpha value is -2.82. The molecule has 0 bridgehead atoms. The fourth-order valence-electron chi connectivity index (χ4n) is 3.22. The van der Waals surface area contributed by atoms with E-state index in [1.165, 1.54) is 20.1 Å². The number of benzene rings is 2. The molecule has 0 aliphatic carbocycles. The molecule has 3 rings (SSSR count). The number of rotatable bonds is 7. The van der Waals surface area contributed by atoms with Crippen LogP contribution in [-0.4, -0.2) is 57.8 Å². The lowest BCUT2D eigenvalue weighted by molar-refractivity contribution is -0.115. The lowest BCUT2D eigenvalue weighted by atomic mass is 10.0. The summed E-state index contributed by atoms with van der Waals surface area (Å²) in [4.78, 5) is 23.7. The molecule has 0 unspecified atom stereocenters. The van der Waals surface area contributed by atoms with E-state index in [1.54, 1.807) is 18.2 Å². The zero-order chi connectivity index (χ0) is 22.6. The van der Waals surface area contributed by atoms with Crippen LogP contribution in [-0.2, 0) is 26.0 Å². The van der Waals surface area contributed by atoms with E-state index < -0.39 is 26.6 Å². The van der Waals surface area contributed by atoms with Gasteiger partial charge in [0.15, 0.2) is 5.78 Å². The van der Waals surface area contributed by atoms with Gasteiger partial charge >= 0.3 is 0 Å². The van der Waals surface area contributed by atoms with Crippen molar-refractivity contribution in [2.75, 3.05) is 38.7 Å². The van der Waals surface area contributed by atoms with E-state index in [4.69, 9.17) is 9.47 Å². The van der Waals surface area contributed by atoms with Crippen LogP contribution in [0.15, 0.2) is 41.3 Å². The topological polar surface area (TPSA) is 102 Å². The number of Topliss-reactive ketones (excluding diaryl/α,β-unsaturated/α-hetero) is 1. The minimum atomic E-state index is -4.07. The standard InChI is InChI=1S/C21H23FN2O6S/c1-14(25)15-3-6-19(29-2)16(11-15)12-21(26)23-17-4-5-18(22)20(13-17)31(27,28)24-7-9-30-10-8-24/h3-6,11,13H,7-10,12H2,1-2H3,(H,23,26). The summed E-state index contributed by atoms with van der Waals surface area (Å²) in [5.74, 6) is -1.09. The molecule has 166 valence electrons. The lowest BCUT2D eigenvalue weighted by Gasteiger charge is -2.26. The monoisotopic (exact) mass is 450 g/mol. The Kier molecular flexibility index (Phi) is 7.04. The predicted octanol–water partition coefficient (Wildman–Crippen LogP) is 2.24. The van der Waals surface area contributed by atoms with Crippen LogP contribution in [0.1, 0.15) is 22.8 Å². The van der Waals surface area contributed by atoms with Crippen LogP contribution < -0.4 is 10.1 Å². The number of methoxy groups -OCH3 is 1. The van der Waals surface area contributed by atoms with Crippen molar-refractivity contribution in [3.8, 4) is 5.75 Å². The Morgan fingerprint density at radius 2 is 1.87 bits per heavy atom. The molecule has 10 heteroatoms.